The van der Waals surface area contributed by atoms with Crippen LogP contribution in [-0.2, 0) is 19.0 Å². The van der Waals surface area contributed by atoms with Crippen LogP contribution in [0.1, 0.15) is 25.7 Å². The Bertz CT molecular complexity index is 249. The zero-order valence-electron chi connectivity index (χ0n) is 10.3. The highest BCUT2D eigenvalue weighted by molar-refractivity contribution is 5.75. The third-order valence-electron chi connectivity index (χ3n) is 3.17. The Balaban J connectivity index is 1.72. The molecule has 5 nitrogen and oxygen atoms in total. The second-order valence-electron chi connectivity index (χ2n) is 4.66. The van der Waals surface area contributed by atoms with Gasteiger partial charge in [-0.25, -0.2) is 0 Å². The number of methoxy groups -OCH3 is 1. The molecule has 1 saturated carbocycles. The highest BCUT2D eigenvalue weighted by Crippen LogP contribution is 2.20. The van der Waals surface area contributed by atoms with Crippen LogP contribution in [0.25, 0.3) is 0 Å². The standard InChI is InChI=1S/C12H21NO4/c1-15-12(14)11(13-9-2-3-9)8-17-10-4-6-16-7-5-10/h9-11,13H,2-8H2,1H3. The summed E-state index contributed by atoms with van der Waals surface area (Å²) < 4.78 is 15.8. The summed E-state index contributed by atoms with van der Waals surface area (Å²) in [6.45, 7) is 1.90. The Hall–Kier alpha value is -0.650. The van der Waals surface area contributed by atoms with E-state index in [1.165, 1.54) is 7.11 Å². The molecule has 1 unspecified atom stereocenters. The van der Waals surface area contributed by atoms with Gasteiger partial charge in [0.2, 0.25) is 0 Å². The van der Waals surface area contributed by atoms with Gasteiger partial charge in [-0.2, -0.15) is 0 Å². The average Bonchev–Trinajstić information content (AvgIpc) is 3.18. The van der Waals surface area contributed by atoms with Crippen molar-refractivity contribution in [1.29, 1.82) is 0 Å². The van der Waals surface area contributed by atoms with E-state index in [0.29, 0.717) is 12.6 Å². The van der Waals surface area contributed by atoms with Gasteiger partial charge in [0.1, 0.15) is 6.04 Å². The van der Waals surface area contributed by atoms with Gasteiger partial charge in [0.25, 0.3) is 0 Å². The van der Waals surface area contributed by atoms with Crippen LogP contribution in [-0.4, -0.2) is 51.1 Å². The molecule has 1 aliphatic heterocycles. The Morgan fingerprint density at radius 3 is 2.65 bits per heavy atom. The van der Waals surface area contributed by atoms with Gasteiger partial charge < -0.3 is 14.2 Å². The number of hydrogen-bond donors (Lipinski definition) is 1. The van der Waals surface area contributed by atoms with Crippen LogP contribution in [0.15, 0.2) is 0 Å². The topological polar surface area (TPSA) is 56.8 Å². The molecule has 2 fully saturated rings. The summed E-state index contributed by atoms with van der Waals surface area (Å²) in [4.78, 5) is 11.6. The molecule has 1 saturated heterocycles. The summed E-state index contributed by atoms with van der Waals surface area (Å²) in [6, 6.07) is 0.146. The van der Waals surface area contributed by atoms with Gasteiger partial charge in [-0.3, -0.25) is 10.1 Å². The number of nitrogens with one attached hydrogen (secondary N) is 1. The van der Waals surface area contributed by atoms with Crippen molar-refractivity contribution in [1.82, 2.24) is 5.32 Å². The van der Waals surface area contributed by atoms with Gasteiger partial charge in [0.05, 0.1) is 19.8 Å². The SMILES string of the molecule is COC(=O)C(COC1CCOCC1)NC1CC1. The summed E-state index contributed by atoms with van der Waals surface area (Å²) in [5.41, 5.74) is 0. The van der Waals surface area contributed by atoms with E-state index in [0.717, 1.165) is 38.9 Å². The zero-order chi connectivity index (χ0) is 12.1. The fourth-order valence-corrected chi connectivity index (χ4v) is 1.94. The number of esters is 1. The van der Waals surface area contributed by atoms with Crippen molar-refractivity contribution in [3.05, 3.63) is 0 Å². The quantitative estimate of drug-likeness (QED) is 0.687. The number of carbonyl (C=O) groups excluding carboxylic acids is 1. The molecule has 1 heterocycles. The summed E-state index contributed by atoms with van der Waals surface area (Å²) >= 11 is 0. The molecule has 0 aromatic carbocycles. The lowest BCUT2D eigenvalue weighted by Gasteiger charge is -2.24. The fourth-order valence-electron chi connectivity index (χ4n) is 1.94. The third kappa shape index (κ3) is 4.26. The van der Waals surface area contributed by atoms with Crippen molar-refractivity contribution >= 4 is 5.97 Å². The smallest absolute Gasteiger partial charge is 0.325 e. The van der Waals surface area contributed by atoms with Crippen molar-refractivity contribution in [3.63, 3.8) is 0 Å². The lowest BCUT2D eigenvalue weighted by Crippen LogP contribution is -2.43. The van der Waals surface area contributed by atoms with Gasteiger partial charge in [-0.15, -0.1) is 0 Å². The Morgan fingerprint density at radius 2 is 2.06 bits per heavy atom. The highest BCUT2D eigenvalue weighted by atomic mass is 16.5. The summed E-state index contributed by atoms with van der Waals surface area (Å²) in [5, 5.41) is 3.25. The van der Waals surface area contributed by atoms with E-state index in [-0.39, 0.29) is 18.1 Å². The molecule has 0 amide bonds. The minimum atomic E-state index is -0.324. The van der Waals surface area contributed by atoms with E-state index in [4.69, 9.17) is 14.2 Å². The predicted octanol–water partition coefficient (Wildman–Crippen LogP) is 0.476. The predicted molar refractivity (Wildman–Crippen MR) is 61.8 cm³/mol. The highest BCUT2D eigenvalue weighted by Gasteiger charge is 2.29. The molecule has 0 bridgehead atoms. The number of ether oxygens (including phenoxy) is 3. The summed E-state index contributed by atoms with van der Waals surface area (Å²) in [5.74, 6) is -0.232. The Labute approximate surface area is 102 Å². The third-order valence-corrected chi connectivity index (χ3v) is 3.17. The van der Waals surface area contributed by atoms with E-state index in [2.05, 4.69) is 5.32 Å². The molecule has 98 valence electrons. The van der Waals surface area contributed by atoms with Crippen LogP contribution < -0.4 is 5.32 Å². The molecule has 1 aliphatic carbocycles. The van der Waals surface area contributed by atoms with Crippen LogP contribution in [0.4, 0.5) is 0 Å². The molecule has 17 heavy (non-hydrogen) atoms. The second-order valence-corrected chi connectivity index (χ2v) is 4.66. The maximum atomic E-state index is 11.6. The average molecular weight is 243 g/mol. The van der Waals surface area contributed by atoms with Crippen molar-refractivity contribution in [2.45, 2.75) is 43.9 Å². The van der Waals surface area contributed by atoms with Gasteiger partial charge in [0, 0.05) is 19.3 Å². The fraction of sp³-hybridized carbons (Fsp3) is 0.917. The minimum Gasteiger partial charge on any atom is -0.468 e. The molecule has 1 atom stereocenters. The first kappa shape index (κ1) is 12.8. The Morgan fingerprint density at radius 1 is 1.35 bits per heavy atom. The summed E-state index contributed by atoms with van der Waals surface area (Å²) in [6.07, 6.45) is 4.33. The first-order valence-electron chi connectivity index (χ1n) is 6.33. The van der Waals surface area contributed by atoms with Crippen molar-refractivity contribution in [2.75, 3.05) is 26.9 Å². The van der Waals surface area contributed by atoms with Crippen molar-refractivity contribution in [2.24, 2.45) is 0 Å². The molecular formula is C12H21NO4. The first-order chi connectivity index (χ1) is 8.29. The Kier molecular flexibility index (Phi) is 4.76. The molecule has 0 radical (unpaired) electrons. The number of hydrogen-bond acceptors (Lipinski definition) is 5. The van der Waals surface area contributed by atoms with E-state index < -0.39 is 0 Å². The molecule has 5 heteroatoms. The summed E-state index contributed by atoms with van der Waals surface area (Å²) in [7, 11) is 1.42. The molecule has 0 aromatic rings. The van der Waals surface area contributed by atoms with E-state index in [9.17, 15) is 4.79 Å². The zero-order valence-corrected chi connectivity index (χ0v) is 10.3. The first-order valence-corrected chi connectivity index (χ1v) is 6.33. The number of carbonyl (C=O) groups is 1. The van der Waals surface area contributed by atoms with Crippen molar-refractivity contribution in [3.8, 4) is 0 Å². The van der Waals surface area contributed by atoms with Gasteiger partial charge in [0.15, 0.2) is 0 Å². The minimum absolute atomic E-state index is 0.219. The molecule has 2 aliphatic rings. The van der Waals surface area contributed by atoms with Crippen molar-refractivity contribution < 1.29 is 19.0 Å². The van der Waals surface area contributed by atoms with Crippen LogP contribution in [0.2, 0.25) is 0 Å². The van der Waals surface area contributed by atoms with Gasteiger partial charge in [-0.1, -0.05) is 0 Å². The monoisotopic (exact) mass is 243 g/mol. The molecule has 1 N–H and O–H groups in total. The van der Waals surface area contributed by atoms with Crippen LogP contribution >= 0.6 is 0 Å². The maximum absolute atomic E-state index is 11.6. The lowest BCUT2D eigenvalue weighted by atomic mass is 10.1. The van der Waals surface area contributed by atoms with Crippen LogP contribution in [0.5, 0.6) is 0 Å². The van der Waals surface area contributed by atoms with E-state index in [1.54, 1.807) is 0 Å². The lowest BCUT2D eigenvalue weighted by molar-refractivity contribution is -0.146. The van der Waals surface area contributed by atoms with E-state index in [1.807, 2.05) is 0 Å². The number of rotatable bonds is 6. The molecule has 0 aromatic heterocycles. The van der Waals surface area contributed by atoms with E-state index >= 15 is 0 Å². The molecular weight excluding hydrogens is 222 g/mol. The van der Waals surface area contributed by atoms with Gasteiger partial charge in [-0.05, 0) is 25.7 Å². The normalized spacial score (nSPS) is 23.4. The maximum Gasteiger partial charge on any atom is 0.325 e. The van der Waals surface area contributed by atoms with Crippen LogP contribution in [0, 0.1) is 0 Å². The van der Waals surface area contributed by atoms with Crippen LogP contribution in [0.3, 0.4) is 0 Å². The largest absolute Gasteiger partial charge is 0.468 e. The molecule has 2 rings (SSSR count). The second kappa shape index (κ2) is 6.33. The molecule has 0 spiro atoms. The van der Waals surface area contributed by atoms with Gasteiger partial charge >= 0.3 is 5.97 Å².